The molecular weight excluding hydrogens is 342 g/mol. The SMILES string of the molecule is CC(=O)Nc1cccc(NC(=O)CN(C(C)=O)c2ccccc2Cl)c1. The predicted molar refractivity (Wildman–Crippen MR) is 98.9 cm³/mol. The van der Waals surface area contributed by atoms with Crippen LogP contribution in [0.1, 0.15) is 13.8 Å². The number of amides is 3. The summed E-state index contributed by atoms with van der Waals surface area (Å²) in [5.74, 6) is -0.879. The van der Waals surface area contributed by atoms with Gasteiger partial charge in [0, 0.05) is 25.2 Å². The Kier molecular flexibility index (Phi) is 6.14. The molecule has 2 aromatic rings. The lowest BCUT2D eigenvalue weighted by Gasteiger charge is -2.21. The van der Waals surface area contributed by atoms with Crippen molar-refractivity contribution in [1.29, 1.82) is 0 Å². The maximum absolute atomic E-state index is 12.3. The number of benzene rings is 2. The number of hydrogen-bond donors (Lipinski definition) is 2. The molecule has 0 unspecified atom stereocenters. The molecule has 130 valence electrons. The first kappa shape index (κ1) is 18.5. The van der Waals surface area contributed by atoms with Crippen molar-refractivity contribution in [3.63, 3.8) is 0 Å². The second kappa shape index (κ2) is 8.30. The number of carbonyl (C=O) groups is 3. The van der Waals surface area contributed by atoms with Crippen molar-refractivity contribution in [2.24, 2.45) is 0 Å². The molecule has 0 atom stereocenters. The summed E-state index contributed by atoms with van der Waals surface area (Å²) in [4.78, 5) is 36.6. The molecule has 0 spiro atoms. The molecule has 0 radical (unpaired) electrons. The lowest BCUT2D eigenvalue weighted by molar-refractivity contribution is -0.120. The fraction of sp³-hybridized carbons (Fsp3) is 0.167. The fourth-order valence-electron chi connectivity index (χ4n) is 2.26. The highest BCUT2D eigenvalue weighted by Crippen LogP contribution is 2.25. The van der Waals surface area contributed by atoms with Crippen molar-refractivity contribution in [2.75, 3.05) is 22.1 Å². The van der Waals surface area contributed by atoms with E-state index < -0.39 is 0 Å². The molecule has 0 aromatic heterocycles. The van der Waals surface area contributed by atoms with Gasteiger partial charge >= 0.3 is 0 Å². The summed E-state index contributed by atoms with van der Waals surface area (Å²) in [5.41, 5.74) is 1.55. The summed E-state index contributed by atoms with van der Waals surface area (Å²) in [6, 6.07) is 13.6. The maximum atomic E-state index is 12.3. The maximum Gasteiger partial charge on any atom is 0.244 e. The van der Waals surface area contributed by atoms with Gasteiger partial charge in [0.1, 0.15) is 6.54 Å². The van der Waals surface area contributed by atoms with Gasteiger partial charge in [-0.3, -0.25) is 14.4 Å². The van der Waals surface area contributed by atoms with Crippen LogP contribution in [0, 0.1) is 0 Å². The topological polar surface area (TPSA) is 78.5 Å². The molecule has 3 amide bonds. The van der Waals surface area contributed by atoms with Crippen LogP contribution >= 0.6 is 11.6 Å². The summed E-state index contributed by atoms with van der Waals surface area (Å²) in [7, 11) is 0. The number of halogens is 1. The predicted octanol–water partition coefficient (Wildman–Crippen LogP) is 3.29. The van der Waals surface area contributed by atoms with Gasteiger partial charge in [-0.2, -0.15) is 0 Å². The van der Waals surface area contributed by atoms with E-state index in [1.165, 1.54) is 18.7 Å². The van der Waals surface area contributed by atoms with Crippen molar-refractivity contribution in [3.05, 3.63) is 53.6 Å². The van der Waals surface area contributed by atoms with Crippen molar-refractivity contribution in [2.45, 2.75) is 13.8 Å². The minimum Gasteiger partial charge on any atom is -0.326 e. The van der Waals surface area contributed by atoms with Crippen LogP contribution in [-0.2, 0) is 14.4 Å². The summed E-state index contributed by atoms with van der Waals surface area (Å²) < 4.78 is 0. The Morgan fingerprint density at radius 2 is 1.60 bits per heavy atom. The van der Waals surface area contributed by atoms with Crippen molar-refractivity contribution < 1.29 is 14.4 Å². The number of hydrogen-bond acceptors (Lipinski definition) is 3. The zero-order valence-corrected chi connectivity index (χ0v) is 14.6. The first-order chi connectivity index (χ1) is 11.9. The Morgan fingerprint density at radius 1 is 0.960 bits per heavy atom. The molecule has 0 bridgehead atoms. The quantitative estimate of drug-likeness (QED) is 0.859. The Bertz CT molecular complexity index is 808. The van der Waals surface area contributed by atoms with Crippen LogP contribution in [0.2, 0.25) is 5.02 Å². The molecule has 2 rings (SSSR count). The molecule has 0 aliphatic heterocycles. The van der Waals surface area contributed by atoms with Crippen LogP contribution in [0.5, 0.6) is 0 Å². The monoisotopic (exact) mass is 359 g/mol. The van der Waals surface area contributed by atoms with Crippen LogP contribution in [0.3, 0.4) is 0 Å². The molecule has 0 aliphatic rings. The molecule has 2 aromatic carbocycles. The van der Waals surface area contributed by atoms with E-state index >= 15 is 0 Å². The first-order valence-electron chi connectivity index (χ1n) is 7.57. The third-order valence-electron chi connectivity index (χ3n) is 3.29. The minimum atomic E-state index is -0.380. The fourth-order valence-corrected chi connectivity index (χ4v) is 2.50. The highest BCUT2D eigenvalue weighted by atomic mass is 35.5. The molecule has 0 saturated heterocycles. The lowest BCUT2D eigenvalue weighted by Crippen LogP contribution is -2.36. The van der Waals surface area contributed by atoms with Gasteiger partial charge in [-0.05, 0) is 30.3 Å². The van der Waals surface area contributed by atoms with Gasteiger partial charge in [-0.25, -0.2) is 0 Å². The largest absolute Gasteiger partial charge is 0.326 e. The van der Waals surface area contributed by atoms with E-state index in [-0.39, 0.29) is 24.3 Å². The Balaban J connectivity index is 2.11. The zero-order valence-electron chi connectivity index (χ0n) is 13.9. The highest BCUT2D eigenvalue weighted by molar-refractivity contribution is 6.33. The van der Waals surface area contributed by atoms with Crippen molar-refractivity contribution in [1.82, 2.24) is 0 Å². The van der Waals surface area contributed by atoms with Crippen LogP contribution in [0.4, 0.5) is 17.1 Å². The standard InChI is InChI=1S/C18H18ClN3O3/c1-12(23)20-14-6-5-7-15(10-14)21-18(25)11-22(13(2)24)17-9-4-3-8-16(17)19/h3-10H,11H2,1-2H3,(H,20,23)(H,21,25). The zero-order chi connectivity index (χ0) is 18.4. The first-order valence-corrected chi connectivity index (χ1v) is 7.95. The number of para-hydroxylation sites is 1. The normalized spacial score (nSPS) is 10.0. The van der Waals surface area contributed by atoms with E-state index in [0.29, 0.717) is 22.1 Å². The number of rotatable bonds is 5. The van der Waals surface area contributed by atoms with E-state index in [2.05, 4.69) is 10.6 Å². The molecule has 0 saturated carbocycles. The average molecular weight is 360 g/mol. The number of nitrogens with zero attached hydrogens (tertiary/aromatic N) is 1. The molecule has 2 N–H and O–H groups in total. The number of nitrogens with one attached hydrogen (secondary N) is 2. The van der Waals surface area contributed by atoms with Crippen molar-refractivity contribution >= 4 is 46.4 Å². The second-order valence-electron chi connectivity index (χ2n) is 5.37. The van der Waals surface area contributed by atoms with Gasteiger partial charge in [-0.15, -0.1) is 0 Å². The highest BCUT2D eigenvalue weighted by Gasteiger charge is 2.18. The van der Waals surface area contributed by atoms with Gasteiger partial charge in [0.15, 0.2) is 0 Å². The third kappa shape index (κ3) is 5.32. The third-order valence-corrected chi connectivity index (χ3v) is 3.61. The molecule has 7 heteroatoms. The molecule has 0 aliphatic carbocycles. The molecule has 6 nitrogen and oxygen atoms in total. The van der Waals surface area contributed by atoms with E-state index in [0.717, 1.165) is 0 Å². The smallest absolute Gasteiger partial charge is 0.244 e. The Labute approximate surface area is 150 Å². The van der Waals surface area contributed by atoms with Crippen LogP contribution in [0.15, 0.2) is 48.5 Å². The van der Waals surface area contributed by atoms with E-state index in [9.17, 15) is 14.4 Å². The van der Waals surface area contributed by atoms with Crippen LogP contribution in [-0.4, -0.2) is 24.3 Å². The minimum absolute atomic E-state index is 0.177. The second-order valence-corrected chi connectivity index (χ2v) is 5.77. The Morgan fingerprint density at radius 3 is 2.20 bits per heavy atom. The lowest BCUT2D eigenvalue weighted by atomic mass is 10.2. The van der Waals surface area contributed by atoms with E-state index in [1.807, 2.05) is 0 Å². The van der Waals surface area contributed by atoms with Gasteiger partial charge < -0.3 is 15.5 Å². The summed E-state index contributed by atoms with van der Waals surface area (Å²) in [6.45, 7) is 2.59. The van der Waals surface area contributed by atoms with Gasteiger partial charge in [0.2, 0.25) is 17.7 Å². The number of anilines is 3. The van der Waals surface area contributed by atoms with Gasteiger partial charge in [0.25, 0.3) is 0 Å². The Hall–Kier alpha value is -2.86. The average Bonchev–Trinajstić information content (AvgIpc) is 2.53. The molecule has 0 fully saturated rings. The molecular formula is C18H18ClN3O3. The molecule has 25 heavy (non-hydrogen) atoms. The summed E-state index contributed by atoms with van der Waals surface area (Å²) in [5, 5.41) is 5.73. The van der Waals surface area contributed by atoms with Crippen LogP contribution < -0.4 is 15.5 Å². The molecule has 0 heterocycles. The van der Waals surface area contributed by atoms with Crippen molar-refractivity contribution in [3.8, 4) is 0 Å². The van der Waals surface area contributed by atoms with Gasteiger partial charge in [-0.1, -0.05) is 29.8 Å². The van der Waals surface area contributed by atoms with E-state index in [4.69, 9.17) is 11.6 Å². The number of carbonyl (C=O) groups excluding carboxylic acids is 3. The summed E-state index contributed by atoms with van der Waals surface area (Å²) >= 11 is 6.11. The van der Waals surface area contributed by atoms with Gasteiger partial charge in [0.05, 0.1) is 10.7 Å². The van der Waals surface area contributed by atoms with Crippen LogP contribution in [0.25, 0.3) is 0 Å². The van der Waals surface area contributed by atoms with E-state index in [1.54, 1.807) is 48.5 Å². The summed E-state index contributed by atoms with van der Waals surface area (Å²) in [6.07, 6.45) is 0.